The molecule has 6 rings (SSSR count). The van der Waals surface area contributed by atoms with Gasteiger partial charge in [0, 0.05) is 0 Å². The van der Waals surface area contributed by atoms with Gasteiger partial charge in [0.2, 0.25) is 0 Å². The first kappa shape index (κ1) is 19.7. The fourth-order valence-electron chi connectivity index (χ4n) is 4.41. The zero-order chi connectivity index (χ0) is 22.9. The molecule has 4 atom stereocenters. The molecule has 1 aromatic carbocycles. The van der Waals surface area contributed by atoms with Crippen LogP contribution in [0.25, 0.3) is 21.5 Å². The number of furan rings is 2. The minimum Gasteiger partial charge on any atom is -0.393 e. The van der Waals surface area contributed by atoms with Gasteiger partial charge in [0.15, 0.2) is 0 Å². The van der Waals surface area contributed by atoms with E-state index in [2.05, 4.69) is 18.3 Å². The van der Waals surface area contributed by atoms with Crippen molar-refractivity contribution in [3.05, 3.63) is 53.8 Å². The fourth-order valence-corrected chi connectivity index (χ4v) is 4.41. The molecule has 162 valence electrons. The van der Waals surface area contributed by atoms with Crippen LogP contribution in [-0.4, -0.2) is 23.9 Å². The first-order valence-corrected chi connectivity index (χ1v) is 9.38. The third-order valence-corrected chi connectivity index (χ3v) is 6.01. The third-order valence-electron chi connectivity index (χ3n) is 6.01. The van der Waals surface area contributed by atoms with Gasteiger partial charge in [-0.05, 0) is 25.0 Å². The van der Waals surface area contributed by atoms with Gasteiger partial charge in [-0.25, -0.2) is 19.2 Å². The zero-order valence-corrected chi connectivity index (χ0v) is 15.8. The molecule has 0 bridgehead atoms. The topological polar surface area (TPSA) is 181 Å². The Labute approximate surface area is 174 Å². The van der Waals surface area contributed by atoms with Gasteiger partial charge in [0.25, 0.3) is 0 Å². The largest absolute Gasteiger partial charge is 0.393 e. The van der Waals surface area contributed by atoms with Gasteiger partial charge in [-0.1, -0.05) is 0 Å². The lowest BCUT2D eigenvalue weighted by Crippen LogP contribution is -2.35. The van der Waals surface area contributed by atoms with Gasteiger partial charge in [-0.2, -0.15) is 0 Å². The Hall–Kier alpha value is -4.22. The monoisotopic (exact) mass is 442 g/mol. The highest BCUT2D eigenvalue weighted by atomic mass is 16.6. The first-order chi connectivity index (χ1) is 15.2. The molecule has 1 aliphatic carbocycles. The normalized spacial score (nSPS) is 26.5. The molecule has 4 unspecified atom stereocenters. The number of carbonyl (C=O) groups is 4. The van der Waals surface area contributed by atoms with Crippen LogP contribution >= 0.6 is 0 Å². The molecule has 0 N–H and O–H groups in total. The Bertz CT molecular complexity index is 1340. The lowest BCUT2D eigenvalue weighted by molar-refractivity contribution is -0.154. The number of hydrogen-bond acceptors (Lipinski definition) is 12. The van der Waals surface area contributed by atoms with Crippen LogP contribution in [0, 0.1) is 23.7 Å². The van der Waals surface area contributed by atoms with E-state index in [1.807, 2.05) is 0 Å². The molecular weight excluding hydrogens is 432 g/mol. The molecule has 2 saturated heterocycles. The summed E-state index contributed by atoms with van der Waals surface area (Å²) in [4.78, 5) is 90.0. The van der Waals surface area contributed by atoms with E-state index in [-0.39, 0.29) is 34.4 Å². The van der Waals surface area contributed by atoms with Crippen LogP contribution in [-0.2, 0) is 28.7 Å². The summed E-state index contributed by atoms with van der Waals surface area (Å²) >= 11 is 0. The van der Waals surface area contributed by atoms with Crippen LogP contribution in [0.3, 0.4) is 0 Å². The standard InChI is InChI=1S/C10H8O6.C10H2O6/c2*11-7-3-1-4-6(10(14)16-8(4)12)2-5(3)9(13)15-7/h3-6H,1-2H2;1-2H. The van der Waals surface area contributed by atoms with E-state index in [0.717, 1.165) is 12.1 Å². The molecule has 12 heteroatoms. The number of rotatable bonds is 0. The van der Waals surface area contributed by atoms with E-state index >= 15 is 0 Å². The summed E-state index contributed by atoms with van der Waals surface area (Å²) in [7, 11) is 0. The Kier molecular flexibility index (Phi) is 4.09. The second kappa shape index (κ2) is 6.64. The van der Waals surface area contributed by atoms with Gasteiger partial charge < -0.3 is 18.3 Å². The van der Waals surface area contributed by atoms with E-state index in [4.69, 9.17) is 0 Å². The molecule has 3 fully saturated rings. The molecule has 3 aromatic rings. The highest BCUT2D eigenvalue weighted by Crippen LogP contribution is 2.45. The first-order valence-electron chi connectivity index (χ1n) is 9.38. The molecule has 1 saturated carbocycles. The Morgan fingerprint density at radius 3 is 0.969 bits per heavy atom. The van der Waals surface area contributed by atoms with Crippen LogP contribution < -0.4 is 22.5 Å². The quantitative estimate of drug-likeness (QED) is 0.303. The van der Waals surface area contributed by atoms with Crippen molar-refractivity contribution in [1.82, 2.24) is 0 Å². The maximum Gasteiger partial charge on any atom is 0.346 e. The van der Waals surface area contributed by atoms with Gasteiger partial charge in [0.05, 0.1) is 45.2 Å². The molecule has 2 aliphatic heterocycles. The van der Waals surface area contributed by atoms with E-state index in [1.165, 1.54) is 0 Å². The van der Waals surface area contributed by atoms with Crippen molar-refractivity contribution in [2.75, 3.05) is 0 Å². The van der Waals surface area contributed by atoms with Crippen LogP contribution in [0.2, 0.25) is 0 Å². The van der Waals surface area contributed by atoms with Gasteiger partial charge >= 0.3 is 46.4 Å². The van der Waals surface area contributed by atoms with Crippen LogP contribution in [0.4, 0.5) is 0 Å². The van der Waals surface area contributed by atoms with Crippen LogP contribution in [0.5, 0.6) is 0 Å². The van der Waals surface area contributed by atoms with Crippen molar-refractivity contribution < 1.29 is 37.5 Å². The summed E-state index contributed by atoms with van der Waals surface area (Å²) in [6.07, 6.45) is 0.370. The van der Waals surface area contributed by atoms with Gasteiger partial charge in [-0.3, -0.25) is 19.2 Å². The highest BCUT2D eigenvalue weighted by molar-refractivity contribution is 6.01. The van der Waals surface area contributed by atoms with Crippen molar-refractivity contribution in [2.24, 2.45) is 23.7 Å². The Balaban J connectivity index is 0.000000135. The van der Waals surface area contributed by atoms with Crippen molar-refractivity contribution in [1.29, 1.82) is 0 Å². The average molecular weight is 442 g/mol. The average Bonchev–Trinajstić information content (AvgIpc) is 3.39. The fraction of sp³-hybridized carbons (Fsp3) is 0.300. The molecule has 0 spiro atoms. The number of hydrogen-bond donors (Lipinski definition) is 0. The predicted molar refractivity (Wildman–Crippen MR) is 98.8 cm³/mol. The molecule has 32 heavy (non-hydrogen) atoms. The number of esters is 4. The maximum atomic E-state index is 11.3. The molecule has 12 nitrogen and oxygen atoms in total. The molecular formula is C20H10O12. The number of cyclic esters (lactones) is 4. The minimum absolute atomic E-state index is 0.0181. The second-order valence-electron chi connectivity index (χ2n) is 7.67. The Morgan fingerprint density at radius 1 is 0.469 bits per heavy atom. The third kappa shape index (κ3) is 2.76. The highest BCUT2D eigenvalue weighted by Gasteiger charge is 2.57. The molecule has 3 aliphatic rings. The number of benzene rings is 1. The van der Waals surface area contributed by atoms with E-state index in [0.29, 0.717) is 0 Å². The number of ether oxygens (including phenoxy) is 2. The Morgan fingerprint density at radius 2 is 0.719 bits per heavy atom. The maximum absolute atomic E-state index is 11.3. The van der Waals surface area contributed by atoms with Gasteiger partial charge in [-0.15, -0.1) is 0 Å². The minimum atomic E-state index is -0.824. The molecule has 4 heterocycles. The van der Waals surface area contributed by atoms with Gasteiger partial charge in [0.1, 0.15) is 0 Å². The lowest BCUT2D eigenvalue weighted by Gasteiger charge is -2.25. The molecule has 2 aromatic heterocycles. The number of fused-ring (bicyclic) bond motifs is 4. The smallest absolute Gasteiger partial charge is 0.346 e. The van der Waals surface area contributed by atoms with Crippen molar-refractivity contribution >= 4 is 45.4 Å². The van der Waals surface area contributed by atoms with Crippen molar-refractivity contribution in [3.63, 3.8) is 0 Å². The predicted octanol–water partition coefficient (Wildman–Crippen LogP) is -1.09. The molecule has 0 amide bonds. The van der Waals surface area contributed by atoms with E-state index < -0.39 is 70.1 Å². The summed E-state index contributed by atoms with van der Waals surface area (Å²) in [6.45, 7) is 0. The van der Waals surface area contributed by atoms with Crippen LogP contribution in [0.15, 0.2) is 40.1 Å². The van der Waals surface area contributed by atoms with E-state index in [9.17, 15) is 38.4 Å². The number of carbonyl (C=O) groups excluding carboxylic acids is 4. The summed E-state index contributed by atoms with van der Waals surface area (Å²) < 4.78 is 17.7. The summed E-state index contributed by atoms with van der Waals surface area (Å²) in [5.41, 5.74) is -3.30. The van der Waals surface area contributed by atoms with Crippen molar-refractivity contribution in [2.45, 2.75) is 12.8 Å². The lowest BCUT2D eigenvalue weighted by atomic mass is 9.70. The van der Waals surface area contributed by atoms with Crippen molar-refractivity contribution in [3.8, 4) is 0 Å². The molecule has 0 radical (unpaired) electrons. The second-order valence-corrected chi connectivity index (χ2v) is 7.67. The SMILES string of the molecule is O=C1OC(=O)C2CC3C(=O)OC(=O)C3CC12.O=c1oc(=O)c2cc3c(=O)oc(=O)c3cc12. The summed E-state index contributed by atoms with van der Waals surface area (Å²) in [5.74, 6) is -4.64. The summed E-state index contributed by atoms with van der Waals surface area (Å²) in [6, 6.07) is 2.29. The van der Waals surface area contributed by atoms with Crippen LogP contribution in [0.1, 0.15) is 12.8 Å². The van der Waals surface area contributed by atoms with E-state index in [1.54, 1.807) is 0 Å². The zero-order valence-electron chi connectivity index (χ0n) is 15.8. The summed E-state index contributed by atoms with van der Waals surface area (Å²) in [5, 5.41) is -0.0726.